The summed E-state index contributed by atoms with van der Waals surface area (Å²) in [6.45, 7) is 4.13. The maximum Gasteiger partial charge on any atom is 0.243 e. The fraction of sp³-hybridized carbons (Fsp3) is 0.636. The highest BCUT2D eigenvalue weighted by Gasteiger charge is 2.31. The Morgan fingerprint density at radius 2 is 1.72 bits per heavy atom. The number of halogens is 1. The number of nitrogens with one attached hydrogen (secondary N) is 1. The van der Waals surface area contributed by atoms with Gasteiger partial charge < -0.3 is 10.2 Å². The molecule has 32 heavy (non-hydrogen) atoms. The van der Waals surface area contributed by atoms with E-state index in [1.807, 2.05) is 11.8 Å². The summed E-state index contributed by atoms with van der Waals surface area (Å²) in [6, 6.07) is 4.01. The van der Waals surface area contributed by atoms with Crippen LogP contribution in [0.5, 0.6) is 0 Å². The van der Waals surface area contributed by atoms with Gasteiger partial charge in [-0.25, -0.2) is 8.42 Å². The average Bonchev–Trinajstić information content (AvgIpc) is 2.80. The molecule has 2 amide bonds. The summed E-state index contributed by atoms with van der Waals surface area (Å²) in [5.74, 6) is -0.139. The highest BCUT2D eigenvalue weighted by molar-refractivity contribution is 7.89. The summed E-state index contributed by atoms with van der Waals surface area (Å²) in [5, 5.41) is 3.09. The molecule has 0 saturated carbocycles. The maximum atomic E-state index is 13.0. The van der Waals surface area contributed by atoms with E-state index >= 15 is 0 Å². The van der Waals surface area contributed by atoms with Gasteiger partial charge in [0.15, 0.2) is 0 Å². The molecule has 3 rings (SSSR count). The number of hydrogen-bond donors (Lipinski definition) is 1. The monoisotopic (exact) mass is 484 g/mol. The van der Waals surface area contributed by atoms with Crippen molar-refractivity contribution in [2.45, 2.75) is 50.0 Å². The lowest BCUT2D eigenvalue weighted by Crippen LogP contribution is -2.48. The molecule has 10 heteroatoms. The highest BCUT2D eigenvalue weighted by Crippen LogP contribution is 2.29. The molecule has 0 spiro atoms. The molecule has 178 valence electrons. The molecule has 1 aromatic carbocycles. The fourth-order valence-electron chi connectivity index (χ4n) is 4.32. The number of hydrogen-bond acceptors (Lipinski definition) is 5. The van der Waals surface area contributed by atoms with Gasteiger partial charge in [-0.05, 0) is 63.9 Å². The van der Waals surface area contributed by atoms with Gasteiger partial charge in [-0.1, -0.05) is 18.0 Å². The number of nitrogens with zero attached hydrogens (tertiary/aromatic N) is 3. The predicted molar refractivity (Wildman–Crippen MR) is 125 cm³/mol. The first-order valence-electron chi connectivity index (χ1n) is 11.2. The van der Waals surface area contributed by atoms with Crippen LogP contribution in [-0.4, -0.2) is 80.7 Å². The van der Waals surface area contributed by atoms with Crippen molar-refractivity contribution in [1.29, 1.82) is 0 Å². The van der Waals surface area contributed by atoms with Crippen LogP contribution in [0.3, 0.4) is 0 Å². The standard InChI is InChI=1S/C22H33ClN4O4S/c1-16(26-13-9-17(10-14-26)22(29)25(2)3)21(28)24-20-15-18(7-8-19(20)23)32(30,31)27-11-5-4-6-12-27/h7-8,15-17H,4-6,9-14H2,1-3H3,(H,24,28)/t16-/m0/s1. The van der Waals surface area contributed by atoms with Gasteiger partial charge in [-0.3, -0.25) is 14.5 Å². The molecular formula is C22H33ClN4O4S. The number of carbonyl (C=O) groups excluding carboxylic acids is 2. The second-order valence-electron chi connectivity index (χ2n) is 8.81. The van der Waals surface area contributed by atoms with Gasteiger partial charge >= 0.3 is 0 Å². The number of benzene rings is 1. The Morgan fingerprint density at radius 1 is 1.09 bits per heavy atom. The minimum Gasteiger partial charge on any atom is -0.349 e. The van der Waals surface area contributed by atoms with E-state index in [-0.39, 0.29) is 22.6 Å². The molecule has 2 heterocycles. The van der Waals surface area contributed by atoms with E-state index in [9.17, 15) is 18.0 Å². The predicted octanol–water partition coefficient (Wildman–Crippen LogP) is 2.64. The minimum absolute atomic E-state index is 0.0115. The molecule has 1 N–H and O–H groups in total. The van der Waals surface area contributed by atoms with Gasteiger partial charge in [0.2, 0.25) is 21.8 Å². The Morgan fingerprint density at radius 3 is 2.31 bits per heavy atom. The van der Waals surface area contributed by atoms with Crippen LogP contribution in [0.25, 0.3) is 0 Å². The molecule has 2 aliphatic heterocycles. The van der Waals surface area contributed by atoms with Gasteiger partial charge in [0.1, 0.15) is 0 Å². The number of sulfonamides is 1. The van der Waals surface area contributed by atoms with Crippen LogP contribution >= 0.6 is 11.6 Å². The van der Waals surface area contributed by atoms with E-state index in [4.69, 9.17) is 11.6 Å². The molecule has 0 bridgehead atoms. The van der Waals surface area contributed by atoms with Gasteiger partial charge in [0, 0.05) is 33.1 Å². The van der Waals surface area contributed by atoms with E-state index in [0.29, 0.717) is 49.7 Å². The quantitative estimate of drug-likeness (QED) is 0.670. The normalized spacial score (nSPS) is 20.0. The van der Waals surface area contributed by atoms with Gasteiger partial charge in [0.05, 0.1) is 21.6 Å². The number of anilines is 1. The zero-order chi connectivity index (χ0) is 23.5. The van der Waals surface area contributed by atoms with Crippen LogP contribution in [0.1, 0.15) is 39.0 Å². The summed E-state index contributed by atoms with van der Waals surface area (Å²) in [7, 11) is -0.106. The van der Waals surface area contributed by atoms with Crippen molar-refractivity contribution in [3.05, 3.63) is 23.2 Å². The summed E-state index contributed by atoms with van der Waals surface area (Å²) in [6.07, 6.45) is 4.15. The summed E-state index contributed by atoms with van der Waals surface area (Å²) in [5.41, 5.74) is 0.291. The molecule has 8 nitrogen and oxygen atoms in total. The third-order valence-corrected chi connectivity index (χ3v) is 8.62. The Labute approximate surface area is 195 Å². The van der Waals surface area contributed by atoms with Crippen molar-refractivity contribution in [2.75, 3.05) is 45.6 Å². The molecule has 2 saturated heterocycles. The second kappa shape index (κ2) is 10.5. The number of rotatable bonds is 6. The van der Waals surface area contributed by atoms with Crippen molar-refractivity contribution < 1.29 is 18.0 Å². The second-order valence-corrected chi connectivity index (χ2v) is 11.2. The van der Waals surface area contributed by atoms with Crippen molar-refractivity contribution in [3.8, 4) is 0 Å². The van der Waals surface area contributed by atoms with Crippen LogP contribution in [-0.2, 0) is 19.6 Å². The van der Waals surface area contributed by atoms with E-state index in [0.717, 1.165) is 19.3 Å². The van der Waals surface area contributed by atoms with Gasteiger partial charge in [-0.15, -0.1) is 0 Å². The van der Waals surface area contributed by atoms with Crippen molar-refractivity contribution >= 4 is 39.1 Å². The zero-order valence-corrected chi connectivity index (χ0v) is 20.6. The summed E-state index contributed by atoms with van der Waals surface area (Å²) < 4.78 is 27.5. The molecule has 0 aliphatic carbocycles. The van der Waals surface area contributed by atoms with E-state index in [1.165, 1.54) is 22.5 Å². The molecule has 0 unspecified atom stereocenters. The van der Waals surface area contributed by atoms with Crippen molar-refractivity contribution in [3.63, 3.8) is 0 Å². The van der Waals surface area contributed by atoms with Crippen LogP contribution in [0.15, 0.2) is 23.1 Å². The minimum atomic E-state index is -3.62. The number of carbonyl (C=O) groups is 2. The van der Waals surface area contributed by atoms with Crippen LogP contribution in [0.2, 0.25) is 5.02 Å². The average molecular weight is 485 g/mol. The molecule has 1 aromatic rings. The van der Waals surface area contributed by atoms with E-state index in [1.54, 1.807) is 19.0 Å². The lowest BCUT2D eigenvalue weighted by molar-refractivity contribution is -0.134. The van der Waals surface area contributed by atoms with Gasteiger partial charge in [0.25, 0.3) is 0 Å². The molecule has 0 aromatic heterocycles. The first-order valence-corrected chi connectivity index (χ1v) is 13.0. The van der Waals surface area contributed by atoms with Crippen molar-refractivity contribution in [2.24, 2.45) is 5.92 Å². The topological polar surface area (TPSA) is 90.0 Å². The first-order chi connectivity index (χ1) is 15.1. The largest absolute Gasteiger partial charge is 0.349 e. The molecule has 0 radical (unpaired) electrons. The third kappa shape index (κ3) is 5.62. The summed E-state index contributed by atoms with van der Waals surface area (Å²) in [4.78, 5) is 28.9. The first kappa shape index (κ1) is 25.0. The Bertz CT molecular complexity index is 939. The Balaban J connectivity index is 1.66. The lowest BCUT2D eigenvalue weighted by atomic mass is 9.94. The number of likely N-dealkylation sites (tertiary alicyclic amines) is 1. The zero-order valence-electron chi connectivity index (χ0n) is 19.0. The van der Waals surface area contributed by atoms with Crippen LogP contribution < -0.4 is 5.32 Å². The molecular weight excluding hydrogens is 452 g/mol. The van der Waals surface area contributed by atoms with Crippen LogP contribution in [0, 0.1) is 5.92 Å². The van der Waals surface area contributed by atoms with E-state index < -0.39 is 16.1 Å². The highest BCUT2D eigenvalue weighted by atomic mass is 35.5. The van der Waals surface area contributed by atoms with Crippen LogP contribution in [0.4, 0.5) is 5.69 Å². The number of piperidine rings is 2. The number of amides is 2. The molecule has 2 fully saturated rings. The smallest absolute Gasteiger partial charge is 0.243 e. The SMILES string of the molecule is C[C@@H](C(=O)Nc1cc(S(=O)(=O)N2CCCCC2)ccc1Cl)N1CCC(C(=O)N(C)C)CC1. The Hall–Kier alpha value is -1.68. The molecule has 1 atom stereocenters. The van der Waals surface area contributed by atoms with E-state index in [2.05, 4.69) is 5.32 Å². The van der Waals surface area contributed by atoms with Gasteiger partial charge in [-0.2, -0.15) is 4.31 Å². The lowest BCUT2D eigenvalue weighted by Gasteiger charge is -2.35. The molecule has 2 aliphatic rings. The third-order valence-electron chi connectivity index (χ3n) is 6.40. The van der Waals surface area contributed by atoms with Crippen molar-refractivity contribution in [1.82, 2.24) is 14.1 Å². The summed E-state index contributed by atoms with van der Waals surface area (Å²) >= 11 is 6.27. The maximum absolute atomic E-state index is 13.0. The Kier molecular flexibility index (Phi) is 8.19. The fourth-order valence-corrected chi connectivity index (χ4v) is 6.03.